The summed E-state index contributed by atoms with van der Waals surface area (Å²) in [5.74, 6) is 0.517. The molecule has 0 saturated heterocycles. The smallest absolute Gasteiger partial charge is 0.287 e. The first-order valence-corrected chi connectivity index (χ1v) is 7.55. The third-order valence-corrected chi connectivity index (χ3v) is 3.62. The number of nitrogens with zero attached hydrogens (tertiary/aromatic N) is 2. The van der Waals surface area contributed by atoms with E-state index in [4.69, 9.17) is 4.42 Å². The molecule has 0 bridgehead atoms. The number of fused-ring (bicyclic) bond motifs is 1. The van der Waals surface area contributed by atoms with Gasteiger partial charge in [0.2, 0.25) is 0 Å². The highest BCUT2D eigenvalue weighted by Gasteiger charge is 2.09. The Balaban J connectivity index is 1.67. The fourth-order valence-corrected chi connectivity index (χ4v) is 2.42. The van der Waals surface area contributed by atoms with Gasteiger partial charge in [0.15, 0.2) is 5.76 Å². The van der Waals surface area contributed by atoms with Gasteiger partial charge in [-0.3, -0.25) is 4.79 Å². The standard InChI is InChI=1S/C18H16N4O2/c1-12-4-2-5-13-10-14(11-19)17(22-16(12)13)20-7-8-21-18(23)15-6-3-9-24-15/h2-6,9-10H,7-8H2,1H3,(H,20,22)(H,21,23). The minimum absolute atomic E-state index is 0.271. The third kappa shape index (κ3) is 3.20. The summed E-state index contributed by atoms with van der Waals surface area (Å²) < 4.78 is 5.02. The van der Waals surface area contributed by atoms with Gasteiger partial charge in [-0.1, -0.05) is 18.2 Å². The first kappa shape index (κ1) is 15.6. The lowest BCUT2D eigenvalue weighted by molar-refractivity contribution is 0.0927. The predicted molar refractivity (Wildman–Crippen MR) is 90.7 cm³/mol. The minimum atomic E-state index is -0.273. The third-order valence-electron chi connectivity index (χ3n) is 3.62. The fourth-order valence-electron chi connectivity index (χ4n) is 2.42. The summed E-state index contributed by atoms with van der Waals surface area (Å²) in [6, 6.07) is 13.1. The van der Waals surface area contributed by atoms with Crippen molar-refractivity contribution >= 4 is 22.6 Å². The molecule has 0 radical (unpaired) electrons. The Hall–Kier alpha value is -3.33. The number of nitriles is 1. The van der Waals surface area contributed by atoms with Crippen molar-refractivity contribution in [3.8, 4) is 6.07 Å². The summed E-state index contributed by atoms with van der Waals surface area (Å²) in [5.41, 5.74) is 2.38. The number of pyridine rings is 1. The molecule has 0 aliphatic heterocycles. The van der Waals surface area contributed by atoms with Gasteiger partial charge in [-0.15, -0.1) is 0 Å². The number of furan rings is 1. The van der Waals surface area contributed by atoms with E-state index in [2.05, 4.69) is 21.7 Å². The maximum atomic E-state index is 11.8. The molecule has 0 atom stereocenters. The molecule has 0 aliphatic rings. The van der Waals surface area contributed by atoms with Crippen LogP contribution < -0.4 is 10.6 Å². The highest BCUT2D eigenvalue weighted by molar-refractivity contribution is 5.91. The number of benzene rings is 1. The van der Waals surface area contributed by atoms with Crippen LogP contribution in [0.2, 0.25) is 0 Å². The lowest BCUT2D eigenvalue weighted by atomic mass is 10.1. The Morgan fingerprint density at radius 1 is 1.29 bits per heavy atom. The second kappa shape index (κ2) is 6.84. The van der Waals surface area contributed by atoms with E-state index in [1.807, 2.05) is 31.2 Å². The quantitative estimate of drug-likeness (QED) is 0.705. The first-order valence-electron chi connectivity index (χ1n) is 7.55. The van der Waals surface area contributed by atoms with Crippen molar-refractivity contribution in [2.75, 3.05) is 18.4 Å². The molecule has 2 N–H and O–H groups in total. The Labute approximate surface area is 139 Å². The van der Waals surface area contributed by atoms with Crippen LogP contribution in [0.25, 0.3) is 10.9 Å². The molecule has 120 valence electrons. The van der Waals surface area contributed by atoms with Crippen LogP contribution >= 0.6 is 0 Å². The van der Waals surface area contributed by atoms with E-state index in [-0.39, 0.29) is 11.7 Å². The molecule has 24 heavy (non-hydrogen) atoms. The molecule has 0 spiro atoms. The zero-order valence-electron chi connectivity index (χ0n) is 13.2. The average Bonchev–Trinajstić information content (AvgIpc) is 3.13. The summed E-state index contributed by atoms with van der Waals surface area (Å²) >= 11 is 0. The van der Waals surface area contributed by atoms with Crippen LogP contribution in [-0.2, 0) is 0 Å². The number of anilines is 1. The predicted octanol–water partition coefficient (Wildman–Crippen LogP) is 2.85. The molecular weight excluding hydrogens is 304 g/mol. The van der Waals surface area contributed by atoms with E-state index in [1.54, 1.807) is 12.1 Å². The van der Waals surface area contributed by atoms with Crippen molar-refractivity contribution < 1.29 is 9.21 Å². The molecule has 0 aliphatic carbocycles. The number of hydrogen-bond donors (Lipinski definition) is 2. The molecule has 0 fully saturated rings. The molecule has 0 saturated carbocycles. The molecule has 6 nitrogen and oxygen atoms in total. The maximum Gasteiger partial charge on any atom is 0.287 e. The summed E-state index contributed by atoms with van der Waals surface area (Å²) in [7, 11) is 0. The summed E-state index contributed by atoms with van der Waals surface area (Å²) in [6.07, 6.45) is 1.45. The lowest BCUT2D eigenvalue weighted by Gasteiger charge is -2.10. The first-order chi connectivity index (χ1) is 11.7. The molecule has 1 aromatic carbocycles. The number of carbonyl (C=O) groups is 1. The molecular formula is C18H16N4O2. The topological polar surface area (TPSA) is 91.0 Å². The lowest BCUT2D eigenvalue weighted by Crippen LogP contribution is -2.28. The molecule has 3 rings (SSSR count). The van der Waals surface area contributed by atoms with E-state index in [0.29, 0.717) is 24.5 Å². The van der Waals surface area contributed by atoms with Gasteiger partial charge in [0.25, 0.3) is 5.91 Å². The molecule has 0 unspecified atom stereocenters. The minimum Gasteiger partial charge on any atom is -0.459 e. The van der Waals surface area contributed by atoms with Crippen LogP contribution in [0.5, 0.6) is 0 Å². The highest BCUT2D eigenvalue weighted by atomic mass is 16.3. The van der Waals surface area contributed by atoms with Gasteiger partial charge in [-0.25, -0.2) is 4.98 Å². The number of rotatable bonds is 5. The molecule has 1 amide bonds. The van der Waals surface area contributed by atoms with Gasteiger partial charge in [-0.05, 0) is 30.7 Å². The number of hydrogen-bond acceptors (Lipinski definition) is 5. The fraction of sp³-hybridized carbons (Fsp3) is 0.167. The van der Waals surface area contributed by atoms with Crippen molar-refractivity contribution in [3.05, 3.63) is 59.5 Å². The van der Waals surface area contributed by atoms with Gasteiger partial charge < -0.3 is 15.1 Å². The second-order valence-electron chi connectivity index (χ2n) is 5.30. The SMILES string of the molecule is Cc1cccc2cc(C#N)c(NCCNC(=O)c3ccco3)nc12. The monoisotopic (exact) mass is 320 g/mol. The Bertz CT molecular complexity index is 911. The normalized spacial score (nSPS) is 10.3. The number of aryl methyl sites for hydroxylation is 1. The van der Waals surface area contributed by atoms with Gasteiger partial charge in [0.05, 0.1) is 17.3 Å². The van der Waals surface area contributed by atoms with Gasteiger partial charge in [0, 0.05) is 18.5 Å². The zero-order chi connectivity index (χ0) is 16.9. The van der Waals surface area contributed by atoms with E-state index >= 15 is 0 Å². The van der Waals surface area contributed by atoms with E-state index < -0.39 is 0 Å². The summed E-state index contributed by atoms with van der Waals surface area (Å²) in [5, 5.41) is 16.1. The van der Waals surface area contributed by atoms with Crippen LogP contribution in [0.1, 0.15) is 21.7 Å². The van der Waals surface area contributed by atoms with Gasteiger partial charge >= 0.3 is 0 Å². The Morgan fingerprint density at radius 2 is 2.17 bits per heavy atom. The number of amides is 1. The van der Waals surface area contributed by atoms with E-state index in [1.165, 1.54) is 6.26 Å². The van der Waals surface area contributed by atoms with Gasteiger partial charge in [-0.2, -0.15) is 5.26 Å². The van der Waals surface area contributed by atoms with Crippen LogP contribution in [0.15, 0.2) is 47.1 Å². The number of para-hydroxylation sites is 1. The van der Waals surface area contributed by atoms with Crippen molar-refractivity contribution in [2.24, 2.45) is 0 Å². The van der Waals surface area contributed by atoms with Gasteiger partial charge in [0.1, 0.15) is 11.9 Å². The van der Waals surface area contributed by atoms with E-state index in [0.717, 1.165) is 16.5 Å². The number of aromatic nitrogens is 1. The number of carbonyl (C=O) groups excluding carboxylic acids is 1. The molecule has 2 aromatic heterocycles. The molecule has 6 heteroatoms. The number of nitrogens with one attached hydrogen (secondary N) is 2. The zero-order valence-corrected chi connectivity index (χ0v) is 13.2. The average molecular weight is 320 g/mol. The largest absolute Gasteiger partial charge is 0.459 e. The van der Waals surface area contributed by atoms with Crippen molar-refractivity contribution in [1.29, 1.82) is 5.26 Å². The van der Waals surface area contributed by atoms with E-state index in [9.17, 15) is 10.1 Å². The molecule has 3 aromatic rings. The van der Waals surface area contributed by atoms with Crippen molar-refractivity contribution in [3.63, 3.8) is 0 Å². The van der Waals surface area contributed by atoms with Crippen molar-refractivity contribution in [2.45, 2.75) is 6.92 Å². The summed E-state index contributed by atoms with van der Waals surface area (Å²) in [4.78, 5) is 16.3. The summed E-state index contributed by atoms with van der Waals surface area (Å²) in [6.45, 7) is 2.82. The van der Waals surface area contributed by atoms with Crippen LogP contribution in [-0.4, -0.2) is 24.0 Å². The Morgan fingerprint density at radius 3 is 2.92 bits per heavy atom. The van der Waals surface area contributed by atoms with Crippen LogP contribution in [0.4, 0.5) is 5.82 Å². The van der Waals surface area contributed by atoms with Crippen LogP contribution in [0.3, 0.4) is 0 Å². The second-order valence-corrected chi connectivity index (χ2v) is 5.30. The highest BCUT2D eigenvalue weighted by Crippen LogP contribution is 2.22. The maximum absolute atomic E-state index is 11.8. The molecule has 2 heterocycles. The van der Waals surface area contributed by atoms with Crippen LogP contribution in [0, 0.1) is 18.3 Å². The van der Waals surface area contributed by atoms with Crippen molar-refractivity contribution in [1.82, 2.24) is 10.3 Å². The Kier molecular flexibility index (Phi) is 4.43.